The number of hydrogen-bond donors (Lipinski definition) is 1. The van der Waals surface area contributed by atoms with Crippen LogP contribution in [0.1, 0.15) is 12.8 Å². The summed E-state index contributed by atoms with van der Waals surface area (Å²) in [6.07, 6.45) is 2.05. The van der Waals surface area contributed by atoms with E-state index in [-0.39, 0.29) is 0 Å². The van der Waals surface area contributed by atoms with Gasteiger partial charge in [-0.15, -0.1) is 0 Å². The summed E-state index contributed by atoms with van der Waals surface area (Å²) < 4.78 is 28.1. The lowest BCUT2D eigenvalue weighted by Gasteiger charge is -2.27. The molecular formula is C13H18Br2N2O2S. The summed E-state index contributed by atoms with van der Waals surface area (Å²) in [6, 6.07) is 5.20. The van der Waals surface area contributed by atoms with Crippen molar-refractivity contribution in [3.05, 3.63) is 27.1 Å². The summed E-state index contributed by atoms with van der Waals surface area (Å²) in [5.41, 5.74) is 0. The van der Waals surface area contributed by atoms with Crippen LogP contribution in [0.15, 0.2) is 32.0 Å². The SMILES string of the molecule is CN(CC1CCNCC1)S(=O)(=O)c1cc(Br)ccc1Br. The van der Waals surface area contributed by atoms with Crippen molar-refractivity contribution in [3.63, 3.8) is 0 Å². The van der Waals surface area contributed by atoms with E-state index in [0.717, 1.165) is 30.4 Å². The molecule has 1 aliphatic heterocycles. The average molecular weight is 426 g/mol. The van der Waals surface area contributed by atoms with E-state index >= 15 is 0 Å². The molecule has 4 nitrogen and oxygen atoms in total. The Morgan fingerprint density at radius 1 is 1.30 bits per heavy atom. The number of nitrogens with one attached hydrogen (secondary N) is 1. The maximum atomic E-state index is 12.6. The lowest BCUT2D eigenvalue weighted by atomic mass is 9.98. The van der Waals surface area contributed by atoms with Crippen LogP contribution in [0.3, 0.4) is 0 Å². The van der Waals surface area contributed by atoms with Gasteiger partial charge in [0.05, 0.1) is 4.90 Å². The van der Waals surface area contributed by atoms with Crippen LogP contribution >= 0.6 is 31.9 Å². The normalized spacial score (nSPS) is 17.6. The summed E-state index contributed by atoms with van der Waals surface area (Å²) in [4.78, 5) is 0.309. The molecule has 1 aromatic carbocycles. The van der Waals surface area contributed by atoms with E-state index in [1.54, 1.807) is 19.2 Å². The maximum Gasteiger partial charge on any atom is 0.243 e. The molecule has 112 valence electrons. The minimum Gasteiger partial charge on any atom is -0.317 e. The highest BCUT2D eigenvalue weighted by molar-refractivity contribution is 9.11. The summed E-state index contributed by atoms with van der Waals surface area (Å²) >= 11 is 6.65. The molecule has 0 aromatic heterocycles. The van der Waals surface area contributed by atoms with E-state index in [1.165, 1.54) is 4.31 Å². The van der Waals surface area contributed by atoms with E-state index in [0.29, 0.717) is 21.8 Å². The Labute approximate surface area is 137 Å². The van der Waals surface area contributed by atoms with Gasteiger partial charge in [-0.25, -0.2) is 12.7 Å². The number of benzene rings is 1. The Bertz CT molecular complexity index is 572. The van der Waals surface area contributed by atoms with Crippen LogP contribution in [0, 0.1) is 5.92 Å². The highest BCUT2D eigenvalue weighted by Crippen LogP contribution is 2.28. The van der Waals surface area contributed by atoms with Crippen molar-refractivity contribution in [1.82, 2.24) is 9.62 Å². The Balaban J connectivity index is 2.18. The third-order valence-corrected chi connectivity index (χ3v) is 6.87. The van der Waals surface area contributed by atoms with Crippen molar-refractivity contribution in [3.8, 4) is 0 Å². The van der Waals surface area contributed by atoms with Gasteiger partial charge in [0, 0.05) is 22.5 Å². The van der Waals surface area contributed by atoms with Crippen LogP contribution in [0.25, 0.3) is 0 Å². The van der Waals surface area contributed by atoms with Gasteiger partial charge < -0.3 is 5.32 Å². The first kappa shape index (κ1) is 16.4. The highest BCUT2D eigenvalue weighted by atomic mass is 79.9. The van der Waals surface area contributed by atoms with Crippen LogP contribution in [-0.2, 0) is 10.0 Å². The second-order valence-corrected chi connectivity index (χ2v) is 8.84. The monoisotopic (exact) mass is 424 g/mol. The van der Waals surface area contributed by atoms with Crippen molar-refractivity contribution in [2.45, 2.75) is 17.7 Å². The number of halogens is 2. The van der Waals surface area contributed by atoms with Crippen LogP contribution in [-0.4, -0.2) is 39.4 Å². The molecule has 0 radical (unpaired) electrons. The fourth-order valence-electron chi connectivity index (χ4n) is 2.37. The summed E-state index contributed by atoms with van der Waals surface area (Å²) in [5.74, 6) is 0.432. The minimum atomic E-state index is -3.46. The summed E-state index contributed by atoms with van der Waals surface area (Å²) in [7, 11) is -1.80. The van der Waals surface area contributed by atoms with Gasteiger partial charge in [0.25, 0.3) is 0 Å². The number of piperidine rings is 1. The fourth-order valence-corrected chi connectivity index (χ4v) is 5.07. The third kappa shape index (κ3) is 3.82. The van der Waals surface area contributed by atoms with Crippen molar-refractivity contribution in [2.75, 3.05) is 26.7 Å². The van der Waals surface area contributed by atoms with Crippen molar-refractivity contribution in [2.24, 2.45) is 5.92 Å². The lowest BCUT2D eigenvalue weighted by Crippen LogP contribution is -2.37. The zero-order chi connectivity index (χ0) is 14.8. The predicted octanol–water partition coefficient (Wildman–Crippen LogP) is 2.83. The average Bonchev–Trinajstić information content (AvgIpc) is 2.42. The van der Waals surface area contributed by atoms with Gasteiger partial charge in [-0.05, 0) is 66.0 Å². The van der Waals surface area contributed by atoms with E-state index in [2.05, 4.69) is 37.2 Å². The molecule has 0 saturated carbocycles. The van der Waals surface area contributed by atoms with Gasteiger partial charge in [-0.1, -0.05) is 15.9 Å². The number of rotatable bonds is 4. The van der Waals surface area contributed by atoms with E-state index in [9.17, 15) is 8.42 Å². The van der Waals surface area contributed by atoms with Crippen molar-refractivity contribution >= 4 is 41.9 Å². The molecule has 1 saturated heterocycles. The first-order chi connectivity index (χ1) is 9.41. The molecule has 0 spiro atoms. The minimum absolute atomic E-state index is 0.309. The maximum absolute atomic E-state index is 12.6. The van der Waals surface area contributed by atoms with E-state index in [1.807, 2.05) is 6.07 Å². The van der Waals surface area contributed by atoms with Crippen LogP contribution in [0.5, 0.6) is 0 Å². The van der Waals surface area contributed by atoms with E-state index < -0.39 is 10.0 Å². The number of hydrogen-bond acceptors (Lipinski definition) is 3. The highest BCUT2D eigenvalue weighted by Gasteiger charge is 2.26. The zero-order valence-electron chi connectivity index (χ0n) is 11.3. The summed E-state index contributed by atoms with van der Waals surface area (Å²) in [6.45, 7) is 2.52. The fraction of sp³-hybridized carbons (Fsp3) is 0.538. The van der Waals surface area contributed by atoms with Gasteiger partial charge >= 0.3 is 0 Å². The molecule has 0 atom stereocenters. The summed E-state index contributed by atoms with van der Waals surface area (Å²) in [5, 5.41) is 3.29. The molecule has 0 unspecified atom stereocenters. The molecule has 20 heavy (non-hydrogen) atoms. The first-order valence-corrected chi connectivity index (χ1v) is 9.56. The van der Waals surface area contributed by atoms with Crippen LogP contribution in [0.4, 0.5) is 0 Å². The Morgan fingerprint density at radius 2 is 1.95 bits per heavy atom. The van der Waals surface area contributed by atoms with Gasteiger partial charge in [0.2, 0.25) is 10.0 Å². The quantitative estimate of drug-likeness (QED) is 0.806. The molecule has 1 aromatic rings. The van der Waals surface area contributed by atoms with Gasteiger partial charge in [-0.2, -0.15) is 0 Å². The zero-order valence-corrected chi connectivity index (χ0v) is 15.3. The molecule has 0 bridgehead atoms. The standard InChI is InChI=1S/C13H18Br2N2O2S/c1-17(9-10-4-6-16-7-5-10)20(18,19)13-8-11(14)2-3-12(13)15/h2-3,8,10,16H,4-7,9H2,1H3. The van der Waals surface area contributed by atoms with Crippen molar-refractivity contribution in [1.29, 1.82) is 0 Å². The Hall–Kier alpha value is 0.0500. The molecular weight excluding hydrogens is 408 g/mol. The molecule has 1 N–H and O–H groups in total. The number of sulfonamides is 1. The molecule has 0 amide bonds. The molecule has 1 heterocycles. The Morgan fingerprint density at radius 3 is 2.60 bits per heavy atom. The molecule has 1 aliphatic rings. The smallest absolute Gasteiger partial charge is 0.243 e. The van der Waals surface area contributed by atoms with Crippen molar-refractivity contribution < 1.29 is 8.42 Å². The van der Waals surface area contributed by atoms with Gasteiger partial charge in [0.1, 0.15) is 0 Å². The van der Waals surface area contributed by atoms with Gasteiger partial charge in [-0.3, -0.25) is 0 Å². The van der Waals surface area contributed by atoms with Gasteiger partial charge in [0.15, 0.2) is 0 Å². The topological polar surface area (TPSA) is 49.4 Å². The number of nitrogens with zero attached hydrogens (tertiary/aromatic N) is 1. The predicted molar refractivity (Wildman–Crippen MR) is 87.3 cm³/mol. The van der Waals surface area contributed by atoms with E-state index in [4.69, 9.17) is 0 Å². The molecule has 7 heteroatoms. The molecule has 2 rings (SSSR count). The lowest BCUT2D eigenvalue weighted by molar-refractivity contribution is 0.311. The van der Waals surface area contributed by atoms with Crippen LogP contribution in [0.2, 0.25) is 0 Å². The second-order valence-electron chi connectivity index (χ2n) is 5.05. The second kappa shape index (κ2) is 6.87. The third-order valence-electron chi connectivity index (χ3n) is 3.56. The molecule has 0 aliphatic carbocycles. The first-order valence-electron chi connectivity index (χ1n) is 6.53. The Kier molecular flexibility index (Phi) is 5.64. The molecule has 1 fully saturated rings. The largest absolute Gasteiger partial charge is 0.317 e. The van der Waals surface area contributed by atoms with Crippen LogP contribution < -0.4 is 5.32 Å².